The molecule has 7 heteroatoms. The topological polar surface area (TPSA) is 98.7 Å². The van der Waals surface area contributed by atoms with Gasteiger partial charge in [0.2, 0.25) is 0 Å². The Morgan fingerprint density at radius 1 is 1.40 bits per heavy atom. The molecule has 2 rings (SSSR count). The van der Waals surface area contributed by atoms with E-state index in [4.69, 9.17) is 5.73 Å². The van der Waals surface area contributed by atoms with E-state index in [-0.39, 0.29) is 0 Å². The average Bonchev–Trinajstić information content (AvgIpc) is 2.70. The van der Waals surface area contributed by atoms with Gasteiger partial charge in [-0.25, -0.2) is 9.78 Å². The van der Waals surface area contributed by atoms with Gasteiger partial charge in [-0.15, -0.1) is 0 Å². The molecule has 2 aromatic heterocycles. The maximum Gasteiger partial charge on any atom is 0.330 e. The van der Waals surface area contributed by atoms with Gasteiger partial charge in [0, 0.05) is 18.6 Å². The maximum absolute atomic E-state index is 12.0. The second-order valence-corrected chi connectivity index (χ2v) is 5.80. The average molecular weight is 279 g/mol. The fourth-order valence-corrected chi connectivity index (χ4v) is 2.20. The molecule has 7 nitrogen and oxygen atoms in total. The first-order chi connectivity index (χ1) is 9.33. The van der Waals surface area contributed by atoms with Gasteiger partial charge in [0.15, 0.2) is 11.2 Å². The number of imidazole rings is 1. The highest BCUT2D eigenvalue weighted by molar-refractivity contribution is 5.69. The number of fused-ring (bicyclic) bond motifs is 1. The Hall–Kier alpha value is -1.89. The molecule has 0 saturated heterocycles. The predicted octanol–water partition coefficient (Wildman–Crippen LogP) is 0.424. The molecular weight excluding hydrogens is 258 g/mol. The van der Waals surface area contributed by atoms with Crippen LogP contribution in [-0.2, 0) is 13.1 Å². The summed E-state index contributed by atoms with van der Waals surface area (Å²) in [6, 6.07) is 0. The quantitative estimate of drug-likeness (QED) is 0.828. The molecule has 2 aromatic rings. The van der Waals surface area contributed by atoms with Gasteiger partial charge in [-0.05, 0) is 20.3 Å². The summed E-state index contributed by atoms with van der Waals surface area (Å²) < 4.78 is 3.22. The fourth-order valence-electron chi connectivity index (χ4n) is 2.20. The van der Waals surface area contributed by atoms with E-state index in [0.717, 1.165) is 12.8 Å². The van der Waals surface area contributed by atoms with Crippen molar-refractivity contribution in [2.24, 2.45) is 5.73 Å². The van der Waals surface area contributed by atoms with Crippen molar-refractivity contribution in [1.29, 1.82) is 0 Å². The summed E-state index contributed by atoms with van der Waals surface area (Å²) in [7, 11) is 0. The standard InChI is InChI=1S/C13H21N5O2/c1-4-5-6-18-10-9(11(19)16-12(18)20)17(8-15-10)7-13(2,3)14/h8H,4-7,14H2,1-3H3,(H,16,19,20). The van der Waals surface area contributed by atoms with Gasteiger partial charge in [-0.2, -0.15) is 0 Å². The molecular formula is C13H21N5O2. The number of hydrogen-bond acceptors (Lipinski definition) is 4. The minimum atomic E-state index is -0.468. The van der Waals surface area contributed by atoms with Crippen molar-refractivity contribution in [2.75, 3.05) is 0 Å². The molecule has 0 bridgehead atoms. The molecule has 0 fully saturated rings. The molecule has 0 aliphatic rings. The van der Waals surface area contributed by atoms with E-state index in [1.807, 2.05) is 20.8 Å². The van der Waals surface area contributed by atoms with Crippen LogP contribution >= 0.6 is 0 Å². The minimum absolute atomic E-state index is 0.402. The summed E-state index contributed by atoms with van der Waals surface area (Å²) >= 11 is 0. The molecule has 0 aliphatic heterocycles. The zero-order valence-corrected chi connectivity index (χ0v) is 12.1. The summed E-state index contributed by atoms with van der Waals surface area (Å²) in [6.07, 6.45) is 3.39. The van der Waals surface area contributed by atoms with Crippen LogP contribution in [0.1, 0.15) is 33.6 Å². The van der Waals surface area contributed by atoms with E-state index in [2.05, 4.69) is 9.97 Å². The van der Waals surface area contributed by atoms with Crippen molar-refractivity contribution in [2.45, 2.75) is 52.2 Å². The lowest BCUT2D eigenvalue weighted by atomic mass is 10.1. The summed E-state index contributed by atoms with van der Waals surface area (Å²) in [4.78, 5) is 30.5. The Bertz CT molecular complexity index is 717. The maximum atomic E-state index is 12.0. The predicted molar refractivity (Wildman–Crippen MR) is 77.8 cm³/mol. The fraction of sp³-hybridized carbons (Fsp3) is 0.615. The number of rotatable bonds is 5. The monoisotopic (exact) mass is 279 g/mol. The molecule has 3 N–H and O–H groups in total. The first kappa shape index (κ1) is 14.5. The van der Waals surface area contributed by atoms with Crippen LogP contribution in [0.3, 0.4) is 0 Å². The smallest absolute Gasteiger partial charge is 0.324 e. The van der Waals surface area contributed by atoms with E-state index in [0.29, 0.717) is 24.3 Å². The second-order valence-electron chi connectivity index (χ2n) is 5.80. The van der Waals surface area contributed by atoms with E-state index < -0.39 is 16.8 Å². The first-order valence-corrected chi connectivity index (χ1v) is 6.80. The third-order valence-electron chi connectivity index (χ3n) is 3.07. The second kappa shape index (κ2) is 5.24. The van der Waals surface area contributed by atoms with Crippen molar-refractivity contribution in [3.63, 3.8) is 0 Å². The van der Waals surface area contributed by atoms with Crippen LogP contribution < -0.4 is 17.0 Å². The summed E-state index contributed by atoms with van der Waals surface area (Å²) in [5, 5.41) is 0. The van der Waals surface area contributed by atoms with Crippen LogP contribution in [0.4, 0.5) is 0 Å². The number of unbranched alkanes of at least 4 members (excludes halogenated alkanes) is 1. The van der Waals surface area contributed by atoms with Gasteiger partial charge in [-0.3, -0.25) is 14.3 Å². The molecule has 0 radical (unpaired) electrons. The van der Waals surface area contributed by atoms with Crippen LogP contribution in [0.2, 0.25) is 0 Å². The van der Waals surface area contributed by atoms with Crippen LogP contribution in [0.5, 0.6) is 0 Å². The summed E-state index contributed by atoms with van der Waals surface area (Å²) in [5.74, 6) is 0. The molecule has 0 spiro atoms. The highest BCUT2D eigenvalue weighted by atomic mass is 16.2. The van der Waals surface area contributed by atoms with Crippen molar-refractivity contribution >= 4 is 11.2 Å². The van der Waals surface area contributed by atoms with E-state index in [1.165, 1.54) is 4.57 Å². The number of aromatic nitrogens is 4. The Kier molecular flexibility index (Phi) is 3.80. The van der Waals surface area contributed by atoms with Gasteiger partial charge >= 0.3 is 5.69 Å². The molecule has 20 heavy (non-hydrogen) atoms. The lowest BCUT2D eigenvalue weighted by Crippen LogP contribution is -2.38. The number of nitrogens with zero attached hydrogens (tertiary/aromatic N) is 3. The molecule has 0 aromatic carbocycles. The normalized spacial score (nSPS) is 12.2. The number of aryl methyl sites for hydroxylation is 1. The minimum Gasteiger partial charge on any atom is -0.324 e. The van der Waals surface area contributed by atoms with Gasteiger partial charge in [-0.1, -0.05) is 13.3 Å². The number of nitrogens with one attached hydrogen (secondary N) is 1. The third kappa shape index (κ3) is 2.82. The van der Waals surface area contributed by atoms with Crippen LogP contribution in [0.15, 0.2) is 15.9 Å². The van der Waals surface area contributed by atoms with Crippen LogP contribution in [0, 0.1) is 0 Å². The molecule has 2 heterocycles. The first-order valence-electron chi connectivity index (χ1n) is 6.80. The highest BCUT2D eigenvalue weighted by Crippen LogP contribution is 2.10. The van der Waals surface area contributed by atoms with Gasteiger partial charge in [0.25, 0.3) is 5.56 Å². The zero-order valence-electron chi connectivity index (χ0n) is 12.1. The number of H-pyrrole nitrogens is 1. The van der Waals surface area contributed by atoms with Crippen molar-refractivity contribution in [3.05, 3.63) is 27.2 Å². The van der Waals surface area contributed by atoms with E-state index >= 15 is 0 Å². The Labute approximate surface area is 116 Å². The van der Waals surface area contributed by atoms with Crippen molar-refractivity contribution in [3.8, 4) is 0 Å². The summed E-state index contributed by atoms with van der Waals surface area (Å²) in [6.45, 7) is 6.80. The SMILES string of the molecule is CCCCn1c(=O)[nH]c(=O)c2c1ncn2CC(C)(C)N. The lowest BCUT2D eigenvalue weighted by molar-refractivity contribution is 0.439. The van der Waals surface area contributed by atoms with E-state index in [9.17, 15) is 9.59 Å². The largest absolute Gasteiger partial charge is 0.330 e. The molecule has 0 aliphatic carbocycles. The molecule has 0 unspecified atom stereocenters. The van der Waals surface area contributed by atoms with Gasteiger partial charge < -0.3 is 10.3 Å². The Morgan fingerprint density at radius 2 is 2.10 bits per heavy atom. The molecule has 0 saturated carbocycles. The molecule has 0 atom stereocenters. The number of nitrogens with two attached hydrogens (primary N) is 1. The number of aromatic amines is 1. The van der Waals surface area contributed by atoms with E-state index in [1.54, 1.807) is 10.9 Å². The lowest BCUT2D eigenvalue weighted by Gasteiger charge is -2.19. The Morgan fingerprint density at radius 3 is 2.70 bits per heavy atom. The molecule has 0 amide bonds. The van der Waals surface area contributed by atoms with Gasteiger partial charge in [0.1, 0.15) is 0 Å². The summed E-state index contributed by atoms with van der Waals surface area (Å²) in [5.41, 5.74) is 5.52. The number of hydrogen-bond donors (Lipinski definition) is 2. The Balaban J connectivity index is 2.61. The van der Waals surface area contributed by atoms with Crippen LogP contribution in [0.25, 0.3) is 11.2 Å². The van der Waals surface area contributed by atoms with Crippen LogP contribution in [-0.4, -0.2) is 24.6 Å². The zero-order chi connectivity index (χ0) is 14.9. The highest BCUT2D eigenvalue weighted by Gasteiger charge is 2.18. The van der Waals surface area contributed by atoms with Crippen molar-refractivity contribution in [1.82, 2.24) is 19.1 Å². The third-order valence-corrected chi connectivity index (χ3v) is 3.07. The van der Waals surface area contributed by atoms with Crippen molar-refractivity contribution < 1.29 is 0 Å². The molecule has 110 valence electrons. The van der Waals surface area contributed by atoms with Gasteiger partial charge in [0.05, 0.1) is 6.33 Å².